The van der Waals surface area contributed by atoms with Crippen molar-refractivity contribution in [3.05, 3.63) is 22.4 Å². The van der Waals surface area contributed by atoms with Crippen molar-refractivity contribution in [3.8, 4) is 0 Å². The number of rotatable bonds is 5. The maximum Gasteiger partial charge on any atom is 0.191 e. The molecule has 5 heteroatoms. The van der Waals surface area contributed by atoms with Crippen LogP contribution < -0.4 is 10.6 Å². The van der Waals surface area contributed by atoms with Crippen molar-refractivity contribution in [1.29, 1.82) is 0 Å². The molecule has 0 fully saturated rings. The van der Waals surface area contributed by atoms with Crippen molar-refractivity contribution in [1.82, 2.24) is 10.6 Å². The number of hydrogen-bond acceptors (Lipinski definition) is 2. The molecule has 98 valence electrons. The number of nitrogens with zero attached hydrogens (tertiary/aromatic N) is 1. The molecule has 0 bridgehead atoms. The third kappa shape index (κ3) is 7.59. The molecule has 0 aliphatic carbocycles. The molecule has 0 atom stereocenters. The van der Waals surface area contributed by atoms with Gasteiger partial charge in [-0.2, -0.15) is 0 Å². The van der Waals surface area contributed by atoms with E-state index in [0.29, 0.717) is 5.92 Å². The summed E-state index contributed by atoms with van der Waals surface area (Å²) in [7, 11) is 0. The Balaban J connectivity index is 0.00000256. The number of aliphatic imine (C=N–C) groups is 1. The van der Waals surface area contributed by atoms with E-state index in [0.717, 1.165) is 25.6 Å². The van der Waals surface area contributed by atoms with Crippen molar-refractivity contribution >= 4 is 41.3 Å². The number of nitrogens with one attached hydrogen (secondary N) is 2. The molecule has 0 radical (unpaired) electrons. The van der Waals surface area contributed by atoms with E-state index >= 15 is 0 Å². The van der Waals surface area contributed by atoms with Gasteiger partial charge in [-0.3, -0.25) is 0 Å². The minimum absolute atomic E-state index is 0. The van der Waals surface area contributed by atoms with Gasteiger partial charge in [0.25, 0.3) is 0 Å². The van der Waals surface area contributed by atoms with Crippen LogP contribution in [-0.4, -0.2) is 19.0 Å². The Hall–Kier alpha value is -0.300. The first-order valence-corrected chi connectivity index (χ1v) is 6.65. The smallest absolute Gasteiger partial charge is 0.191 e. The Bertz CT molecular complexity index is 310. The van der Waals surface area contributed by atoms with Gasteiger partial charge in [-0.15, -0.1) is 35.3 Å². The molecule has 2 N–H and O–H groups in total. The van der Waals surface area contributed by atoms with Gasteiger partial charge in [0.05, 0.1) is 6.54 Å². The Labute approximate surface area is 125 Å². The summed E-state index contributed by atoms with van der Waals surface area (Å²) in [6, 6.07) is 4.17. The maximum atomic E-state index is 4.53. The average Bonchev–Trinajstić information content (AvgIpc) is 2.75. The summed E-state index contributed by atoms with van der Waals surface area (Å²) in [5.74, 6) is 1.54. The molecule has 1 heterocycles. The Kier molecular flexibility index (Phi) is 9.53. The summed E-state index contributed by atoms with van der Waals surface area (Å²) in [5.41, 5.74) is 0. The first-order chi connectivity index (χ1) is 7.72. The van der Waals surface area contributed by atoms with Crippen LogP contribution in [0, 0.1) is 5.92 Å². The van der Waals surface area contributed by atoms with Gasteiger partial charge < -0.3 is 10.6 Å². The van der Waals surface area contributed by atoms with Crippen LogP contribution >= 0.6 is 35.3 Å². The zero-order valence-corrected chi connectivity index (χ0v) is 13.8. The van der Waals surface area contributed by atoms with Crippen LogP contribution in [0.15, 0.2) is 22.5 Å². The van der Waals surface area contributed by atoms with Gasteiger partial charge >= 0.3 is 0 Å². The molecular formula is C12H22IN3S. The number of halogens is 1. The minimum atomic E-state index is 0. The van der Waals surface area contributed by atoms with E-state index < -0.39 is 0 Å². The Morgan fingerprint density at radius 1 is 1.41 bits per heavy atom. The van der Waals surface area contributed by atoms with Crippen LogP contribution in [0.1, 0.15) is 25.6 Å². The third-order valence-corrected chi connectivity index (χ3v) is 2.86. The van der Waals surface area contributed by atoms with Crippen molar-refractivity contribution < 1.29 is 0 Å². The summed E-state index contributed by atoms with van der Waals surface area (Å²) in [6.07, 6.45) is 0. The highest BCUT2D eigenvalue weighted by Gasteiger charge is 1.99. The lowest BCUT2D eigenvalue weighted by Crippen LogP contribution is -2.39. The lowest BCUT2D eigenvalue weighted by atomic mass is 10.2. The van der Waals surface area contributed by atoms with Crippen molar-refractivity contribution in [2.75, 3.05) is 13.1 Å². The largest absolute Gasteiger partial charge is 0.357 e. The highest BCUT2D eigenvalue weighted by molar-refractivity contribution is 14.0. The summed E-state index contributed by atoms with van der Waals surface area (Å²) >= 11 is 1.74. The number of thiophene rings is 1. The quantitative estimate of drug-likeness (QED) is 0.477. The second kappa shape index (κ2) is 9.70. The SMILES string of the molecule is CCNC(=NCc1cccs1)NCC(C)C.I. The van der Waals surface area contributed by atoms with Gasteiger partial charge in [0.2, 0.25) is 0 Å². The molecule has 3 nitrogen and oxygen atoms in total. The van der Waals surface area contributed by atoms with Crippen molar-refractivity contribution in [2.45, 2.75) is 27.3 Å². The highest BCUT2D eigenvalue weighted by Crippen LogP contribution is 2.09. The molecule has 0 saturated carbocycles. The van der Waals surface area contributed by atoms with Gasteiger partial charge in [0.15, 0.2) is 5.96 Å². The van der Waals surface area contributed by atoms with Crippen LogP contribution in [0.5, 0.6) is 0 Å². The molecule has 0 aromatic carbocycles. The van der Waals surface area contributed by atoms with E-state index in [1.54, 1.807) is 11.3 Å². The van der Waals surface area contributed by atoms with Gasteiger partial charge in [-0.05, 0) is 24.3 Å². The van der Waals surface area contributed by atoms with Crippen LogP contribution in [0.3, 0.4) is 0 Å². The number of guanidine groups is 1. The van der Waals surface area contributed by atoms with Gasteiger partial charge in [-0.1, -0.05) is 19.9 Å². The number of hydrogen-bond donors (Lipinski definition) is 2. The van der Waals surface area contributed by atoms with Gasteiger partial charge in [0.1, 0.15) is 0 Å². The van der Waals surface area contributed by atoms with Crippen LogP contribution in [-0.2, 0) is 6.54 Å². The second-order valence-electron chi connectivity index (χ2n) is 4.05. The maximum absolute atomic E-state index is 4.53. The van der Waals surface area contributed by atoms with E-state index in [4.69, 9.17) is 0 Å². The average molecular weight is 367 g/mol. The molecule has 0 amide bonds. The van der Waals surface area contributed by atoms with E-state index in [2.05, 4.69) is 53.9 Å². The molecule has 1 rings (SSSR count). The first-order valence-electron chi connectivity index (χ1n) is 5.77. The molecule has 0 unspecified atom stereocenters. The standard InChI is InChI=1S/C12H21N3S.HI/c1-4-13-12(14-8-10(2)3)15-9-11-6-5-7-16-11;/h5-7,10H,4,8-9H2,1-3H3,(H2,13,14,15);1H. The lowest BCUT2D eigenvalue weighted by molar-refractivity contribution is 0.615. The fourth-order valence-electron chi connectivity index (χ4n) is 1.20. The van der Waals surface area contributed by atoms with E-state index in [1.165, 1.54) is 4.88 Å². The zero-order chi connectivity index (χ0) is 11.8. The van der Waals surface area contributed by atoms with E-state index in [1.807, 2.05) is 0 Å². The first kappa shape index (κ1) is 16.7. The van der Waals surface area contributed by atoms with Crippen LogP contribution in [0.25, 0.3) is 0 Å². The second-order valence-corrected chi connectivity index (χ2v) is 5.08. The van der Waals surface area contributed by atoms with E-state index in [9.17, 15) is 0 Å². The molecule has 1 aromatic rings. The Morgan fingerprint density at radius 3 is 2.71 bits per heavy atom. The zero-order valence-electron chi connectivity index (χ0n) is 10.7. The van der Waals surface area contributed by atoms with Crippen molar-refractivity contribution in [3.63, 3.8) is 0 Å². The minimum Gasteiger partial charge on any atom is -0.357 e. The molecule has 17 heavy (non-hydrogen) atoms. The predicted octanol–water partition coefficient (Wildman–Crippen LogP) is 3.08. The van der Waals surface area contributed by atoms with Crippen LogP contribution in [0.2, 0.25) is 0 Å². The molecule has 0 aliphatic heterocycles. The monoisotopic (exact) mass is 367 g/mol. The fraction of sp³-hybridized carbons (Fsp3) is 0.583. The summed E-state index contributed by atoms with van der Waals surface area (Å²) < 4.78 is 0. The van der Waals surface area contributed by atoms with Crippen molar-refractivity contribution in [2.24, 2.45) is 10.9 Å². The molecule has 0 spiro atoms. The molecule has 0 saturated heterocycles. The molecule has 1 aromatic heterocycles. The van der Waals surface area contributed by atoms with E-state index in [-0.39, 0.29) is 24.0 Å². The summed E-state index contributed by atoms with van der Waals surface area (Å²) in [4.78, 5) is 5.83. The normalized spacial score (nSPS) is 11.2. The topological polar surface area (TPSA) is 36.4 Å². The van der Waals surface area contributed by atoms with Gasteiger partial charge in [0, 0.05) is 18.0 Å². The lowest BCUT2D eigenvalue weighted by Gasteiger charge is -2.12. The summed E-state index contributed by atoms with van der Waals surface area (Å²) in [5, 5.41) is 8.65. The van der Waals surface area contributed by atoms with Crippen LogP contribution in [0.4, 0.5) is 0 Å². The fourth-order valence-corrected chi connectivity index (χ4v) is 1.83. The third-order valence-electron chi connectivity index (χ3n) is 2.00. The molecular weight excluding hydrogens is 345 g/mol. The summed E-state index contributed by atoms with van der Waals surface area (Å²) in [6.45, 7) is 9.07. The highest BCUT2D eigenvalue weighted by atomic mass is 127. The van der Waals surface area contributed by atoms with Gasteiger partial charge in [-0.25, -0.2) is 4.99 Å². The Morgan fingerprint density at radius 2 is 2.18 bits per heavy atom. The predicted molar refractivity (Wildman–Crippen MR) is 87.4 cm³/mol. The molecule has 0 aliphatic rings.